The van der Waals surface area contributed by atoms with E-state index in [-0.39, 0.29) is 21.1 Å². The maximum atomic E-state index is 6.37. The van der Waals surface area contributed by atoms with Crippen molar-refractivity contribution in [2.75, 3.05) is 9.80 Å². The Morgan fingerprint density at radius 2 is 1.20 bits per heavy atom. The topological polar surface area (TPSA) is 50.6 Å². The molecule has 7 heteroatoms. The van der Waals surface area contributed by atoms with Crippen molar-refractivity contribution in [3.63, 3.8) is 0 Å². The van der Waals surface area contributed by atoms with Crippen molar-refractivity contribution in [2.45, 2.75) is 39.5 Å². The van der Waals surface area contributed by atoms with E-state index < -0.39 is 0 Å². The Hall–Kier alpha value is -5.06. The molecule has 0 radical (unpaired) electrons. The second-order valence-corrected chi connectivity index (χ2v) is 13.0. The van der Waals surface area contributed by atoms with Gasteiger partial charge in [-0.15, -0.1) is 53.8 Å². The molecule has 1 aliphatic rings. The number of anilines is 2. The van der Waals surface area contributed by atoms with Gasteiger partial charge in [-0.3, -0.25) is 4.68 Å². The first-order valence-electron chi connectivity index (χ1n) is 16.4. The molecule has 0 amide bonds. The minimum atomic E-state index is 0. The van der Waals surface area contributed by atoms with Crippen molar-refractivity contribution in [3.05, 3.63) is 140 Å². The maximum Gasteiger partial charge on any atom is 0.0722 e. The Labute approximate surface area is 299 Å². The molecule has 0 aliphatic carbocycles. The fourth-order valence-electron chi connectivity index (χ4n) is 6.95. The predicted octanol–water partition coefficient (Wildman–Crippen LogP) is 11.1. The van der Waals surface area contributed by atoms with E-state index in [2.05, 4.69) is 92.8 Å². The predicted molar refractivity (Wildman–Crippen MR) is 194 cm³/mol. The summed E-state index contributed by atoms with van der Waals surface area (Å²) >= 11 is 0. The third-order valence-electron chi connectivity index (χ3n) is 9.31. The van der Waals surface area contributed by atoms with E-state index in [1.165, 1.54) is 16.7 Å². The van der Waals surface area contributed by atoms with Crippen molar-refractivity contribution < 1.29 is 29.9 Å². The third-order valence-corrected chi connectivity index (χ3v) is 9.31. The van der Waals surface area contributed by atoms with Crippen LogP contribution in [0.4, 0.5) is 11.4 Å². The first-order chi connectivity index (χ1) is 23.4. The molecular formula is C42H33N4O2Pt-3. The van der Waals surface area contributed by atoms with Crippen molar-refractivity contribution in [3.8, 4) is 16.8 Å². The summed E-state index contributed by atoms with van der Waals surface area (Å²) in [6.07, 6.45) is 8.18. The largest absolute Gasteiger partial charge is 0.511 e. The standard InChI is InChI=1S/C42H33N4O2.Pt/c1-26(2)32-11-8-12-33(27(3)4)40(32)28-23-43-46(24-28)31-14-16-37-35(22-31)42-39(48-37)18-17-38-41(42)34-21-30(13-15-36(34)47-38)45-20-19-44(25-45)29-9-6-5-7-10-29;/h5-20,23-27H,1-4H3;/q-3;. The number of benzene rings is 5. The van der Waals surface area contributed by atoms with Gasteiger partial charge >= 0.3 is 0 Å². The number of para-hydroxylation sites is 1. The minimum absolute atomic E-state index is 0. The molecule has 0 saturated heterocycles. The molecule has 3 aromatic heterocycles. The van der Waals surface area contributed by atoms with Gasteiger partial charge < -0.3 is 18.6 Å². The molecule has 8 aromatic rings. The zero-order valence-electron chi connectivity index (χ0n) is 27.5. The zero-order chi connectivity index (χ0) is 32.5. The molecule has 49 heavy (non-hydrogen) atoms. The van der Waals surface area contributed by atoms with Crippen LogP contribution in [-0.4, -0.2) is 9.78 Å². The van der Waals surface area contributed by atoms with Gasteiger partial charge in [0.05, 0.1) is 17.4 Å². The third kappa shape index (κ3) is 5.17. The van der Waals surface area contributed by atoms with Gasteiger partial charge in [-0.2, -0.15) is 5.10 Å². The van der Waals surface area contributed by atoms with Gasteiger partial charge in [-0.1, -0.05) is 80.6 Å². The van der Waals surface area contributed by atoms with E-state index in [0.717, 1.165) is 66.5 Å². The summed E-state index contributed by atoms with van der Waals surface area (Å²) in [5.74, 6) is 0.794. The number of hydrogen-bond donors (Lipinski definition) is 0. The number of fused-ring (bicyclic) bond motifs is 7. The quantitative estimate of drug-likeness (QED) is 0.156. The molecule has 0 unspecified atom stereocenters. The summed E-state index contributed by atoms with van der Waals surface area (Å²) < 4.78 is 14.6. The summed E-state index contributed by atoms with van der Waals surface area (Å²) in [5.41, 5.74) is 11.0. The first-order valence-corrected chi connectivity index (χ1v) is 16.4. The average Bonchev–Trinajstić information content (AvgIpc) is 3.92. The van der Waals surface area contributed by atoms with Gasteiger partial charge in [-0.25, -0.2) is 0 Å². The summed E-state index contributed by atoms with van der Waals surface area (Å²) in [4.78, 5) is 4.16. The van der Waals surface area contributed by atoms with E-state index in [4.69, 9.17) is 13.9 Å². The van der Waals surface area contributed by atoms with Crippen molar-refractivity contribution in [2.24, 2.45) is 0 Å². The zero-order valence-corrected chi connectivity index (χ0v) is 29.8. The number of hydrogen-bond acceptors (Lipinski definition) is 5. The van der Waals surface area contributed by atoms with Crippen LogP contribution in [0.3, 0.4) is 0 Å². The second kappa shape index (κ2) is 12.1. The Kier molecular flexibility index (Phi) is 7.72. The van der Waals surface area contributed by atoms with Crippen LogP contribution in [0, 0.1) is 18.8 Å². The summed E-state index contributed by atoms with van der Waals surface area (Å²) in [5, 5.41) is 8.55. The molecular weight excluding hydrogens is 788 g/mol. The molecule has 1 aliphatic heterocycles. The maximum absolute atomic E-state index is 6.37. The van der Waals surface area contributed by atoms with Crippen LogP contribution in [0.25, 0.3) is 60.7 Å². The van der Waals surface area contributed by atoms with Gasteiger partial charge in [-0.05, 0) is 70.9 Å². The second-order valence-electron chi connectivity index (χ2n) is 13.0. The van der Waals surface area contributed by atoms with Crippen LogP contribution in [0.2, 0.25) is 0 Å². The van der Waals surface area contributed by atoms with Crippen LogP contribution in [0.5, 0.6) is 0 Å². The Morgan fingerprint density at radius 3 is 1.84 bits per heavy atom. The van der Waals surface area contributed by atoms with E-state index in [9.17, 15) is 0 Å². The molecule has 9 rings (SSSR count). The molecule has 0 fully saturated rings. The van der Waals surface area contributed by atoms with Gasteiger partial charge in [0.1, 0.15) is 0 Å². The Morgan fingerprint density at radius 1 is 0.633 bits per heavy atom. The van der Waals surface area contributed by atoms with E-state index >= 15 is 0 Å². The minimum Gasteiger partial charge on any atom is -0.511 e. The molecule has 4 heterocycles. The Balaban J connectivity index is 0.00000348. The molecule has 0 saturated carbocycles. The van der Waals surface area contributed by atoms with E-state index in [1.807, 2.05) is 77.9 Å². The summed E-state index contributed by atoms with van der Waals surface area (Å²) in [7, 11) is 0. The fourth-order valence-corrected chi connectivity index (χ4v) is 6.95. The van der Waals surface area contributed by atoms with Crippen LogP contribution in [-0.2, 0) is 21.1 Å². The summed E-state index contributed by atoms with van der Waals surface area (Å²) in [6.45, 7) is 11.1. The van der Waals surface area contributed by atoms with Crippen molar-refractivity contribution in [1.82, 2.24) is 9.78 Å². The van der Waals surface area contributed by atoms with Gasteiger partial charge in [0.25, 0.3) is 0 Å². The number of rotatable bonds is 6. The van der Waals surface area contributed by atoms with Crippen molar-refractivity contribution in [1.29, 1.82) is 0 Å². The number of furan rings is 2. The SMILES string of the molecule is CC(C)c1cccc(C(C)C)c1-c1cnn(-c2[c-]c3c(cc2)oc2ccc4oc5ccc(N6C=CN(c7ccccc7)[CH-]6)[c-]c5c4c23)c1.[Pt]. The van der Waals surface area contributed by atoms with Crippen LogP contribution < -0.4 is 9.80 Å². The molecule has 6 nitrogen and oxygen atoms in total. The normalized spacial score (nSPS) is 13.3. The van der Waals surface area contributed by atoms with Gasteiger partial charge in [0.2, 0.25) is 0 Å². The first kappa shape index (κ1) is 31.2. The number of nitrogens with zero attached hydrogens (tertiary/aromatic N) is 4. The average molecular weight is 821 g/mol. The Bertz CT molecular complexity index is 2500. The molecule has 0 bridgehead atoms. The van der Waals surface area contributed by atoms with Crippen LogP contribution >= 0.6 is 0 Å². The monoisotopic (exact) mass is 820 g/mol. The van der Waals surface area contributed by atoms with Crippen molar-refractivity contribution >= 4 is 55.3 Å². The van der Waals surface area contributed by atoms with Crippen LogP contribution in [0.15, 0.2) is 119 Å². The van der Waals surface area contributed by atoms with Gasteiger partial charge in [0, 0.05) is 49.7 Å². The van der Waals surface area contributed by atoms with Gasteiger partial charge in [0.15, 0.2) is 0 Å². The molecule has 0 N–H and O–H groups in total. The van der Waals surface area contributed by atoms with Crippen LogP contribution in [0.1, 0.15) is 50.7 Å². The van der Waals surface area contributed by atoms with E-state index in [0.29, 0.717) is 11.8 Å². The summed E-state index contributed by atoms with van der Waals surface area (Å²) in [6, 6.07) is 36.3. The smallest absolute Gasteiger partial charge is 0.0722 e. The molecule has 0 spiro atoms. The van der Waals surface area contributed by atoms with E-state index in [1.54, 1.807) is 0 Å². The molecule has 246 valence electrons. The fraction of sp³-hybridized carbons (Fsp3) is 0.143. The molecule has 0 atom stereocenters. The molecule has 5 aromatic carbocycles. The number of aromatic nitrogens is 2.